The summed E-state index contributed by atoms with van der Waals surface area (Å²) in [5, 5.41) is 7.70. The summed E-state index contributed by atoms with van der Waals surface area (Å²) in [7, 11) is -3.21. The number of Topliss-reactive ketones (excluding diaryl/α,β-unsaturated/α-hetero) is 1. The maximum absolute atomic E-state index is 11.8. The molecular weight excluding hydrogens is 342 g/mol. The molecule has 25 heavy (non-hydrogen) atoms. The van der Waals surface area contributed by atoms with Crippen molar-refractivity contribution in [3.8, 4) is 0 Å². The number of anilines is 1. The van der Waals surface area contributed by atoms with E-state index in [1.165, 1.54) is 23.7 Å². The molecule has 0 aliphatic carbocycles. The van der Waals surface area contributed by atoms with E-state index in [2.05, 4.69) is 15.4 Å². The van der Waals surface area contributed by atoms with E-state index in [0.29, 0.717) is 37.6 Å². The number of hydrogen-bond donors (Lipinski definition) is 1. The number of carbonyl (C=O) groups excluding carboxylic acids is 1. The summed E-state index contributed by atoms with van der Waals surface area (Å²) in [5.74, 6) is 0.637. The molecule has 1 aliphatic heterocycles. The van der Waals surface area contributed by atoms with Crippen molar-refractivity contribution >= 4 is 21.6 Å². The van der Waals surface area contributed by atoms with Crippen LogP contribution in [-0.4, -0.2) is 46.1 Å². The number of rotatable bonds is 5. The van der Waals surface area contributed by atoms with Gasteiger partial charge in [0.2, 0.25) is 10.0 Å². The molecule has 0 unspecified atom stereocenters. The molecule has 0 amide bonds. The Bertz CT molecular complexity index is 874. The van der Waals surface area contributed by atoms with Gasteiger partial charge in [0, 0.05) is 24.8 Å². The molecule has 9 heteroatoms. The number of carbonyl (C=O) groups is 1. The lowest BCUT2D eigenvalue weighted by molar-refractivity contribution is 0.101. The van der Waals surface area contributed by atoms with E-state index in [9.17, 15) is 13.2 Å². The lowest BCUT2D eigenvalue weighted by Gasteiger charge is -2.16. The van der Waals surface area contributed by atoms with Crippen LogP contribution in [0.25, 0.3) is 0 Å². The fourth-order valence-electron chi connectivity index (χ4n) is 2.75. The fraction of sp³-hybridized carbons (Fsp3) is 0.438. The maximum Gasteiger partial charge on any atom is 0.211 e. The third-order valence-electron chi connectivity index (χ3n) is 4.12. The number of aromatic nitrogens is 3. The lowest BCUT2D eigenvalue weighted by Crippen LogP contribution is -2.29. The van der Waals surface area contributed by atoms with Crippen LogP contribution in [0.2, 0.25) is 0 Å². The highest BCUT2D eigenvalue weighted by molar-refractivity contribution is 7.88. The molecule has 0 radical (unpaired) electrons. The van der Waals surface area contributed by atoms with Crippen LogP contribution in [0.4, 0.5) is 5.82 Å². The van der Waals surface area contributed by atoms with E-state index < -0.39 is 10.0 Å². The maximum atomic E-state index is 11.8. The van der Waals surface area contributed by atoms with E-state index in [1.807, 2.05) is 10.7 Å². The van der Waals surface area contributed by atoms with Crippen molar-refractivity contribution in [1.82, 2.24) is 19.1 Å². The molecule has 3 heterocycles. The highest BCUT2D eigenvalue weighted by atomic mass is 32.2. The van der Waals surface area contributed by atoms with Gasteiger partial charge in [-0.15, -0.1) is 0 Å². The quantitative estimate of drug-likeness (QED) is 0.803. The minimum absolute atomic E-state index is 0.0210. The van der Waals surface area contributed by atoms with Gasteiger partial charge in [-0.2, -0.15) is 9.40 Å². The molecule has 0 bridgehead atoms. The second-order valence-corrected chi connectivity index (χ2v) is 8.12. The summed E-state index contributed by atoms with van der Waals surface area (Å²) in [6.07, 6.45) is 3.51. The summed E-state index contributed by atoms with van der Waals surface area (Å²) >= 11 is 0. The molecule has 1 N–H and O–H groups in total. The molecule has 2 aromatic heterocycles. The molecule has 0 spiro atoms. The molecule has 0 aromatic carbocycles. The van der Waals surface area contributed by atoms with Crippen molar-refractivity contribution < 1.29 is 13.2 Å². The van der Waals surface area contributed by atoms with E-state index in [-0.39, 0.29) is 5.78 Å². The van der Waals surface area contributed by atoms with Gasteiger partial charge in [0.25, 0.3) is 0 Å². The standard InChI is InChI=1S/C16H21N5O3S/c1-12(22)13-4-5-16(17-9-13)18-10-14-8-15-11-20(25(2,23)24)6-3-7-21(15)19-14/h4-5,8-9H,3,6-7,10-11H2,1-2H3,(H,17,18). The average molecular weight is 363 g/mol. The Morgan fingerprint density at radius 3 is 2.76 bits per heavy atom. The first-order valence-corrected chi connectivity index (χ1v) is 9.89. The number of sulfonamides is 1. The van der Waals surface area contributed by atoms with Gasteiger partial charge in [-0.3, -0.25) is 9.48 Å². The van der Waals surface area contributed by atoms with Gasteiger partial charge in [-0.05, 0) is 31.5 Å². The van der Waals surface area contributed by atoms with Gasteiger partial charge >= 0.3 is 0 Å². The Morgan fingerprint density at radius 2 is 2.12 bits per heavy atom. The van der Waals surface area contributed by atoms with Crippen LogP contribution in [0.1, 0.15) is 35.1 Å². The monoisotopic (exact) mass is 363 g/mol. The summed E-state index contributed by atoms with van der Waals surface area (Å²) in [5.41, 5.74) is 2.28. The number of nitrogens with zero attached hydrogens (tertiary/aromatic N) is 4. The summed E-state index contributed by atoms with van der Waals surface area (Å²) in [6.45, 7) is 3.54. The second-order valence-electron chi connectivity index (χ2n) is 6.14. The third kappa shape index (κ3) is 4.23. The van der Waals surface area contributed by atoms with Crippen molar-refractivity contribution in [3.63, 3.8) is 0 Å². The highest BCUT2D eigenvalue weighted by Gasteiger charge is 2.22. The van der Waals surface area contributed by atoms with Crippen LogP contribution in [-0.2, 0) is 29.7 Å². The van der Waals surface area contributed by atoms with Crippen LogP contribution < -0.4 is 5.32 Å². The first-order valence-electron chi connectivity index (χ1n) is 8.04. The van der Waals surface area contributed by atoms with Crippen LogP contribution in [0.3, 0.4) is 0 Å². The van der Waals surface area contributed by atoms with Gasteiger partial charge in [-0.1, -0.05) is 0 Å². The van der Waals surface area contributed by atoms with Crippen molar-refractivity contribution in [2.75, 3.05) is 18.1 Å². The molecule has 0 saturated heterocycles. The van der Waals surface area contributed by atoms with Gasteiger partial charge in [-0.25, -0.2) is 13.4 Å². The molecule has 3 rings (SSSR count). The largest absolute Gasteiger partial charge is 0.364 e. The minimum atomic E-state index is -3.21. The number of hydrogen-bond acceptors (Lipinski definition) is 6. The molecule has 2 aromatic rings. The predicted molar refractivity (Wildman–Crippen MR) is 93.7 cm³/mol. The zero-order chi connectivity index (χ0) is 18.0. The lowest BCUT2D eigenvalue weighted by atomic mass is 10.2. The Balaban J connectivity index is 1.68. The van der Waals surface area contributed by atoms with Crippen molar-refractivity contribution in [2.45, 2.75) is 33.0 Å². The molecule has 134 valence electrons. The normalized spacial score (nSPS) is 15.4. The van der Waals surface area contributed by atoms with Crippen molar-refractivity contribution in [1.29, 1.82) is 0 Å². The molecular formula is C16H21N5O3S. The molecule has 0 fully saturated rings. The Kier molecular flexibility index (Phi) is 4.87. The summed E-state index contributed by atoms with van der Waals surface area (Å²) < 4.78 is 26.9. The number of aryl methyl sites for hydroxylation is 1. The smallest absolute Gasteiger partial charge is 0.211 e. The van der Waals surface area contributed by atoms with Gasteiger partial charge < -0.3 is 5.32 Å². The van der Waals surface area contributed by atoms with E-state index >= 15 is 0 Å². The highest BCUT2D eigenvalue weighted by Crippen LogP contribution is 2.17. The van der Waals surface area contributed by atoms with Crippen molar-refractivity contribution in [2.24, 2.45) is 0 Å². The zero-order valence-electron chi connectivity index (χ0n) is 14.3. The van der Waals surface area contributed by atoms with Crippen LogP contribution in [0.5, 0.6) is 0 Å². The Morgan fingerprint density at radius 1 is 1.32 bits per heavy atom. The molecule has 0 saturated carbocycles. The van der Waals surface area contributed by atoms with E-state index in [4.69, 9.17) is 0 Å². The molecule has 1 aliphatic rings. The number of nitrogens with one attached hydrogen (secondary N) is 1. The summed E-state index contributed by atoms with van der Waals surface area (Å²) in [6, 6.07) is 5.40. The first kappa shape index (κ1) is 17.6. The number of fused-ring (bicyclic) bond motifs is 1. The third-order valence-corrected chi connectivity index (χ3v) is 5.37. The van der Waals surface area contributed by atoms with E-state index in [1.54, 1.807) is 12.1 Å². The Hall–Kier alpha value is -2.26. The van der Waals surface area contributed by atoms with Crippen LogP contribution >= 0.6 is 0 Å². The number of ketones is 1. The molecule has 0 atom stereocenters. The van der Waals surface area contributed by atoms with Crippen molar-refractivity contribution in [3.05, 3.63) is 41.3 Å². The Labute approximate surface area is 146 Å². The molecule has 8 nitrogen and oxygen atoms in total. The summed E-state index contributed by atoms with van der Waals surface area (Å²) in [4.78, 5) is 15.5. The van der Waals surface area contributed by atoms with E-state index in [0.717, 1.165) is 17.8 Å². The van der Waals surface area contributed by atoms with Crippen LogP contribution in [0, 0.1) is 0 Å². The van der Waals surface area contributed by atoms with Gasteiger partial charge in [0.15, 0.2) is 5.78 Å². The number of pyridine rings is 1. The predicted octanol–water partition coefficient (Wildman–Crippen LogP) is 1.26. The SMILES string of the molecule is CC(=O)c1ccc(NCc2cc3n(n2)CCCN(S(C)(=O)=O)C3)nc1. The zero-order valence-corrected chi connectivity index (χ0v) is 15.1. The second kappa shape index (κ2) is 6.93. The average Bonchev–Trinajstić information content (AvgIpc) is 2.82. The first-order chi connectivity index (χ1) is 11.8. The minimum Gasteiger partial charge on any atom is -0.364 e. The fourth-order valence-corrected chi connectivity index (χ4v) is 3.58. The topological polar surface area (TPSA) is 97.2 Å². The van der Waals surface area contributed by atoms with Gasteiger partial charge in [0.05, 0.1) is 30.7 Å². The van der Waals surface area contributed by atoms with Gasteiger partial charge in [0.1, 0.15) is 5.82 Å². The van der Waals surface area contributed by atoms with Crippen LogP contribution in [0.15, 0.2) is 24.4 Å².